The van der Waals surface area contributed by atoms with Crippen molar-refractivity contribution in [2.45, 2.75) is 13.5 Å². The molecular weight excluding hydrogens is 314 g/mol. The Bertz CT molecular complexity index is 880. The first-order chi connectivity index (χ1) is 12.1. The monoisotopic (exact) mass is 335 g/mol. The van der Waals surface area contributed by atoms with E-state index in [-0.39, 0.29) is 5.82 Å². The highest BCUT2D eigenvalue weighted by atomic mass is 16.5. The van der Waals surface area contributed by atoms with Gasteiger partial charge >= 0.3 is 0 Å². The summed E-state index contributed by atoms with van der Waals surface area (Å²) in [6.45, 7) is 2.45. The van der Waals surface area contributed by atoms with Crippen LogP contribution in [0.5, 0.6) is 5.75 Å². The lowest BCUT2D eigenvalue weighted by atomic mass is 9.97. The van der Waals surface area contributed by atoms with Crippen molar-refractivity contribution in [3.63, 3.8) is 0 Å². The number of pyridine rings is 1. The minimum atomic E-state index is 0.284. The molecule has 0 radical (unpaired) electrons. The maximum Gasteiger partial charge on any atom is 0.169 e. The highest BCUT2D eigenvalue weighted by Crippen LogP contribution is 2.31. The van der Waals surface area contributed by atoms with Gasteiger partial charge in [-0.1, -0.05) is 48.5 Å². The standard InChI is InChI=1S/C19H21N5O/c1-12-14(8-5-9-15(12)13-6-3-2-4-7-13)11-25-16-10-17(20)23-19(24-22)18(16)21/h2-10H,11,21-22H2,1H3,(H3,20,23,24). The van der Waals surface area contributed by atoms with E-state index >= 15 is 0 Å². The van der Waals surface area contributed by atoms with Gasteiger partial charge in [-0.05, 0) is 29.2 Å². The van der Waals surface area contributed by atoms with E-state index in [1.807, 2.05) is 30.3 Å². The molecule has 0 aliphatic heterocycles. The summed E-state index contributed by atoms with van der Waals surface area (Å²) >= 11 is 0. The van der Waals surface area contributed by atoms with Gasteiger partial charge in [0, 0.05) is 6.07 Å². The Labute approximate surface area is 146 Å². The number of anilines is 3. The summed E-state index contributed by atoms with van der Waals surface area (Å²) in [5.74, 6) is 6.43. The number of nitrogen functional groups attached to an aromatic ring is 3. The predicted molar refractivity (Wildman–Crippen MR) is 102 cm³/mol. The first-order valence-corrected chi connectivity index (χ1v) is 7.89. The number of hydrogen-bond acceptors (Lipinski definition) is 6. The smallest absolute Gasteiger partial charge is 0.169 e. The molecule has 25 heavy (non-hydrogen) atoms. The van der Waals surface area contributed by atoms with Crippen LogP contribution in [-0.4, -0.2) is 4.98 Å². The highest BCUT2D eigenvalue weighted by Gasteiger charge is 2.11. The van der Waals surface area contributed by atoms with E-state index in [1.54, 1.807) is 6.07 Å². The van der Waals surface area contributed by atoms with Crippen LogP contribution in [0.1, 0.15) is 11.1 Å². The lowest BCUT2D eigenvalue weighted by molar-refractivity contribution is 0.307. The average molecular weight is 335 g/mol. The number of aromatic nitrogens is 1. The molecule has 0 saturated heterocycles. The minimum Gasteiger partial charge on any atom is -0.486 e. The molecule has 6 nitrogen and oxygen atoms in total. The van der Waals surface area contributed by atoms with E-state index in [1.165, 1.54) is 11.1 Å². The van der Waals surface area contributed by atoms with E-state index < -0.39 is 0 Å². The Morgan fingerprint density at radius 3 is 2.52 bits per heavy atom. The van der Waals surface area contributed by atoms with Gasteiger partial charge in [0.2, 0.25) is 0 Å². The average Bonchev–Trinajstić information content (AvgIpc) is 2.63. The first kappa shape index (κ1) is 16.6. The molecule has 0 spiro atoms. The number of nitrogens with two attached hydrogens (primary N) is 3. The summed E-state index contributed by atoms with van der Waals surface area (Å²) in [5.41, 5.74) is 19.1. The molecule has 3 rings (SSSR count). The van der Waals surface area contributed by atoms with Crippen molar-refractivity contribution in [3.8, 4) is 16.9 Å². The molecule has 0 fully saturated rings. The van der Waals surface area contributed by atoms with Crippen LogP contribution in [0.4, 0.5) is 17.3 Å². The molecule has 3 aromatic rings. The fraction of sp³-hybridized carbons (Fsp3) is 0.105. The van der Waals surface area contributed by atoms with Gasteiger partial charge in [-0.3, -0.25) is 0 Å². The Kier molecular flexibility index (Phi) is 4.72. The van der Waals surface area contributed by atoms with Gasteiger partial charge in [0.15, 0.2) is 5.82 Å². The maximum absolute atomic E-state index is 6.00. The molecule has 1 heterocycles. The zero-order chi connectivity index (χ0) is 17.8. The van der Waals surface area contributed by atoms with Crippen molar-refractivity contribution in [2.24, 2.45) is 5.84 Å². The summed E-state index contributed by atoms with van der Waals surface area (Å²) in [5, 5.41) is 0. The minimum absolute atomic E-state index is 0.284. The summed E-state index contributed by atoms with van der Waals surface area (Å²) in [7, 11) is 0. The van der Waals surface area contributed by atoms with Crippen molar-refractivity contribution in [1.82, 2.24) is 4.98 Å². The number of ether oxygens (including phenoxy) is 1. The van der Waals surface area contributed by atoms with Crippen LogP contribution >= 0.6 is 0 Å². The number of benzene rings is 2. The second-order valence-corrected chi connectivity index (χ2v) is 5.70. The molecule has 128 valence electrons. The van der Waals surface area contributed by atoms with Crippen LogP contribution in [-0.2, 0) is 6.61 Å². The molecule has 0 aliphatic carbocycles. The third-order valence-corrected chi connectivity index (χ3v) is 4.09. The van der Waals surface area contributed by atoms with Gasteiger partial charge in [0.1, 0.15) is 23.9 Å². The van der Waals surface area contributed by atoms with Crippen molar-refractivity contribution < 1.29 is 4.74 Å². The Morgan fingerprint density at radius 2 is 1.80 bits per heavy atom. The van der Waals surface area contributed by atoms with Crippen molar-refractivity contribution in [1.29, 1.82) is 0 Å². The fourth-order valence-corrected chi connectivity index (χ4v) is 2.71. The molecule has 7 N–H and O–H groups in total. The Morgan fingerprint density at radius 1 is 1.04 bits per heavy atom. The molecule has 0 unspecified atom stereocenters. The van der Waals surface area contributed by atoms with E-state index in [0.717, 1.165) is 11.1 Å². The molecule has 0 atom stereocenters. The highest BCUT2D eigenvalue weighted by molar-refractivity contribution is 5.72. The topological polar surface area (TPSA) is 112 Å². The number of hydrazine groups is 1. The van der Waals surface area contributed by atoms with Gasteiger partial charge in [0.05, 0.1) is 0 Å². The molecule has 0 saturated carbocycles. The van der Waals surface area contributed by atoms with Crippen LogP contribution in [0.2, 0.25) is 0 Å². The van der Waals surface area contributed by atoms with E-state index in [2.05, 4.69) is 35.5 Å². The van der Waals surface area contributed by atoms with Crippen LogP contribution in [0, 0.1) is 6.92 Å². The van der Waals surface area contributed by atoms with Crippen LogP contribution in [0.25, 0.3) is 11.1 Å². The van der Waals surface area contributed by atoms with Gasteiger partial charge in [-0.2, -0.15) is 0 Å². The Balaban J connectivity index is 1.87. The zero-order valence-electron chi connectivity index (χ0n) is 14.0. The third-order valence-electron chi connectivity index (χ3n) is 4.09. The molecule has 0 aliphatic rings. The normalized spacial score (nSPS) is 10.5. The Hall–Kier alpha value is -3.25. The van der Waals surface area contributed by atoms with Crippen LogP contribution < -0.4 is 27.5 Å². The molecular formula is C19H21N5O. The number of nitrogens with zero attached hydrogens (tertiary/aromatic N) is 1. The molecule has 0 bridgehead atoms. The van der Waals surface area contributed by atoms with Crippen molar-refractivity contribution >= 4 is 17.3 Å². The molecule has 2 aromatic carbocycles. The predicted octanol–water partition coefficient (Wildman–Crippen LogP) is 3.09. The SMILES string of the molecule is Cc1c(COc2cc(N)nc(NN)c2N)cccc1-c1ccccc1. The first-order valence-electron chi connectivity index (χ1n) is 7.89. The summed E-state index contributed by atoms with van der Waals surface area (Å²) in [6.07, 6.45) is 0. The maximum atomic E-state index is 6.00. The number of rotatable bonds is 5. The van der Waals surface area contributed by atoms with Gasteiger partial charge < -0.3 is 21.6 Å². The van der Waals surface area contributed by atoms with Gasteiger partial charge in [-0.25, -0.2) is 10.8 Å². The van der Waals surface area contributed by atoms with E-state index in [0.29, 0.717) is 23.9 Å². The van der Waals surface area contributed by atoms with Crippen LogP contribution in [0.3, 0.4) is 0 Å². The second-order valence-electron chi connectivity index (χ2n) is 5.70. The van der Waals surface area contributed by atoms with E-state index in [9.17, 15) is 0 Å². The summed E-state index contributed by atoms with van der Waals surface area (Å²) in [4.78, 5) is 4.01. The van der Waals surface area contributed by atoms with Crippen LogP contribution in [0.15, 0.2) is 54.6 Å². The summed E-state index contributed by atoms with van der Waals surface area (Å²) < 4.78 is 5.88. The quantitative estimate of drug-likeness (QED) is 0.421. The largest absolute Gasteiger partial charge is 0.486 e. The summed E-state index contributed by atoms with van der Waals surface area (Å²) in [6, 6.07) is 18.0. The second kappa shape index (κ2) is 7.11. The lowest BCUT2D eigenvalue weighted by Crippen LogP contribution is -2.13. The molecule has 1 aromatic heterocycles. The van der Waals surface area contributed by atoms with Gasteiger partial charge in [0.25, 0.3) is 0 Å². The zero-order valence-corrected chi connectivity index (χ0v) is 14.0. The van der Waals surface area contributed by atoms with Gasteiger partial charge in [-0.15, -0.1) is 0 Å². The molecule has 6 heteroatoms. The number of nitrogens with one attached hydrogen (secondary N) is 1. The number of hydrogen-bond donors (Lipinski definition) is 4. The van der Waals surface area contributed by atoms with Crippen molar-refractivity contribution in [3.05, 3.63) is 65.7 Å². The fourth-order valence-electron chi connectivity index (χ4n) is 2.71. The molecule has 0 amide bonds. The van der Waals surface area contributed by atoms with E-state index in [4.69, 9.17) is 22.0 Å². The third kappa shape index (κ3) is 3.49. The van der Waals surface area contributed by atoms with Crippen molar-refractivity contribution in [2.75, 3.05) is 16.9 Å². The lowest BCUT2D eigenvalue weighted by Gasteiger charge is -2.15.